The first-order valence-corrected chi connectivity index (χ1v) is 9.31. The number of carbonyl (C=O) groups is 3. The lowest BCUT2D eigenvalue weighted by Gasteiger charge is -2.32. The van der Waals surface area contributed by atoms with Crippen molar-refractivity contribution in [2.45, 2.75) is 64.2 Å². The maximum Gasteiger partial charge on any atom is 0.303 e. The molecule has 2 N–H and O–H groups in total. The number of carboxylic acid groups (broad SMARTS) is 1. The van der Waals surface area contributed by atoms with Crippen LogP contribution in [0.4, 0.5) is 0 Å². The molecule has 24 heavy (non-hydrogen) atoms. The molecule has 2 fully saturated rings. The van der Waals surface area contributed by atoms with Crippen LogP contribution in [0.2, 0.25) is 0 Å². The van der Waals surface area contributed by atoms with Crippen molar-refractivity contribution in [2.24, 2.45) is 11.8 Å². The SMILES string of the molecule is O=C(O)CCC1CCCN(C(=O)CNC(=O)CC2CCCCC2)C1. The van der Waals surface area contributed by atoms with Gasteiger partial charge in [-0.25, -0.2) is 0 Å². The molecule has 0 spiro atoms. The van der Waals surface area contributed by atoms with Gasteiger partial charge in [-0.3, -0.25) is 14.4 Å². The fourth-order valence-corrected chi connectivity index (χ4v) is 3.87. The zero-order chi connectivity index (χ0) is 17.4. The van der Waals surface area contributed by atoms with Gasteiger partial charge in [-0.15, -0.1) is 0 Å². The minimum absolute atomic E-state index is 0.0188. The molecule has 2 amide bonds. The molecule has 6 heteroatoms. The standard InChI is InChI=1S/C18H30N2O4/c21-16(11-14-5-2-1-3-6-14)19-12-17(22)20-10-4-7-15(13-20)8-9-18(23)24/h14-15H,1-13H2,(H,19,21)(H,23,24). The monoisotopic (exact) mass is 338 g/mol. The van der Waals surface area contributed by atoms with Crippen molar-refractivity contribution in [1.82, 2.24) is 10.2 Å². The van der Waals surface area contributed by atoms with Crippen LogP contribution in [0.15, 0.2) is 0 Å². The molecule has 2 rings (SSSR count). The topological polar surface area (TPSA) is 86.7 Å². The van der Waals surface area contributed by atoms with Crippen LogP contribution < -0.4 is 5.32 Å². The van der Waals surface area contributed by atoms with E-state index in [1.54, 1.807) is 4.90 Å². The molecular weight excluding hydrogens is 308 g/mol. The van der Waals surface area contributed by atoms with E-state index in [0.29, 0.717) is 31.8 Å². The number of likely N-dealkylation sites (tertiary alicyclic amines) is 1. The second kappa shape index (κ2) is 9.64. The molecule has 1 saturated heterocycles. The summed E-state index contributed by atoms with van der Waals surface area (Å²) >= 11 is 0. The summed E-state index contributed by atoms with van der Waals surface area (Å²) < 4.78 is 0. The molecule has 1 aliphatic heterocycles. The molecule has 2 aliphatic rings. The zero-order valence-electron chi connectivity index (χ0n) is 14.5. The number of amides is 2. The van der Waals surface area contributed by atoms with Crippen molar-refractivity contribution >= 4 is 17.8 Å². The fourth-order valence-electron chi connectivity index (χ4n) is 3.87. The fraction of sp³-hybridized carbons (Fsp3) is 0.833. The number of aliphatic carboxylic acids is 1. The predicted molar refractivity (Wildman–Crippen MR) is 90.4 cm³/mol. The summed E-state index contributed by atoms with van der Waals surface area (Å²) in [7, 11) is 0. The van der Waals surface area contributed by atoms with Crippen LogP contribution in [0.3, 0.4) is 0 Å². The van der Waals surface area contributed by atoms with Crippen molar-refractivity contribution in [3.8, 4) is 0 Å². The second-order valence-corrected chi connectivity index (χ2v) is 7.27. The lowest BCUT2D eigenvalue weighted by atomic mass is 9.87. The molecular formula is C18H30N2O4. The van der Waals surface area contributed by atoms with Gasteiger partial charge in [0.15, 0.2) is 0 Å². The lowest BCUT2D eigenvalue weighted by molar-refractivity contribution is -0.137. The number of hydrogen-bond acceptors (Lipinski definition) is 3. The number of carbonyl (C=O) groups excluding carboxylic acids is 2. The Hall–Kier alpha value is -1.59. The van der Waals surface area contributed by atoms with Crippen LogP contribution >= 0.6 is 0 Å². The van der Waals surface area contributed by atoms with Crippen LogP contribution in [0, 0.1) is 11.8 Å². The average Bonchev–Trinajstić information content (AvgIpc) is 2.59. The molecule has 0 aromatic rings. The van der Waals surface area contributed by atoms with Gasteiger partial charge >= 0.3 is 5.97 Å². The highest BCUT2D eigenvalue weighted by Crippen LogP contribution is 2.26. The molecule has 1 unspecified atom stereocenters. The van der Waals surface area contributed by atoms with E-state index in [-0.39, 0.29) is 30.7 Å². The number of nitrogens with one attached hydrogen (secondary N) is 1. The van der Waals surface area contributed by atoms with Crippen molar-refractivity contribution in [3.63, 3.8) is 0 Å². The maximum atomic E-state index is 12.3. The number of nitrogens with zero attached hydrogens (tertiary/aromatic N) is 1. The number of piperidine rings is 1. The minimum Gasteiger partial charge on any atom is -0.481 e. The third-order valence-electron chi connectivity index (χ3n) is 5.27. The van der Waals surface area contributed by atoms with Gasteiger partial charge in [0, 0.05) is 25.9 Å². The van der Waals surface area contributed by atoms with Gasteiger partial charge in [0.25, 0.3) is 0 Å². The Morgan fingerprint density at radius 3 is 2.42 bits per heavy atom. The Morgan fingerprint density at radius 1 is 1.00 bits per heavy atom. The predicted octanol–water partition coefficient (Wildman–Crippen LogP) is 2.18. The second-order valence-electron chi connectivity index (χ2n) is 7.27. The summed E-state index contributed by atoms with van der Waals surface area (Å²) in [5, 5.41) is 11.5. The van der Waals surface area contributed by atoms with Crippen molar-refractivity contribution in [2.75, 3.05) is 19.6 Å². The van der Waals surface area contributed by atoms with Crippen LogP contribution in [0.1, 0.15) is 64.2 Å². The summed E-state index contributed by atoms with van der Waals surface area (Å²) in [5.41, 5.74) is 0. The molecule has 0 bridgehead atoms. The largest absolute Gasteiger partial charge is 0.481 e. The van der Waals surface area contributed by atoms with Gasteiger partial charge in [0.2, 0.25) is 11.8 Å². The quantitative estimate of drug-likeness (QED) is 0.745. The van der Waals surface area contributed by atoms with Gasteiger partial charge in [0.05, 0.1) is 6.54 Å². The lowest BCUT2D eigenvalue weighted by Crippen LogP contribution is -2.45. The van der Waals surface area contributed by atoms with Gasteiger partial charge in [-0.05, 0) is 43.9 Å². The first kappa shape index (κ1) is 18.7. The van der Waals surface area contributed by atoms with Crippen LogP contribution in [-0.4, -0.2) is 47.4 Å². The van der Waals surface area contributed by atoms with Crippen LogP contribution in [0.25, 0.3) is 0 Å². The van der Waals surface area contributed by atoms with E-state index in [2.05, 4.69) is 5.32 Å². The zero-order valence-corrected chi connectivity index (χ0v) is 14.5. The summed E-state index contributed by atoms with van der Waals surface area (Å²) in [6, 6.07) is 0. The molecule has 0 aromatic heterocycles. The Bertz CT molecular complexity index is 446. The molecule has 1 saturated carbocycles. The highest BCUT2D eigenvalue weighted by Gasteiger charge is 2.24. The highest BCUT2D eigenvalue weighted by atomic mass is 16.4. The minimum atomic E-state index is -0.784. The van der Waals surface area contributed by atoms with Crippen molar-refractivity contribution in [1.29, 1.82) is 0 Å². The Labute approximate surface area is 144 Å². The summed E-state index contributed by atoms with van der Waals surface area (Å²) in [6.45, 7) is 1.39. The molecule has 1 heterocycles. The third-order valence-corrected chi connectivity index (χ3v) is 5.27. The van der Waals surface area contributed by atoms with Gasteiger partial charge in [0.1, 0.15) is 0 Å². The van der Waals surface area contributed by atoms with E-state index in [9.17, 15) is 14.4 Å². The number of hydrogen-bond donors (Lipinski definition) is 2. The smallest absolute Gasteiger partial charge is 0.303 e. The van der Waals surface area contributed by atoms with Gasteiger partial charge < -0.3 is 15.3 Å². The van der Waals surface area contributed by atoms with Gasteiger partial charge in [-0.2, -0.15) is 0 Å². The Kier molecular flexibility index (Phi) is 7.53. The maximum absolute atomic E-state index is 12.3. The van der Waals surface area contributed by atoms with E-state index in [1.165, 1.54) is 19.3 Å². The summed E-state index contributed by atoms with van der Waals surface area (Å²) in [4.78, 5) is 36.7. The Morgan fingerprint density at radius 2 is 1.71 bits per heavy atom. The van der Waals surface area contributed by atoms with Crippen LogP contribution in [0.5, 0.6) is 0 Å². The number of rotatable bonds is 7. The van der Waals surface area contributed by atoms with Crippen molar-refractivity contribution in [3.05, 3.63) is 0 Å². The average molecular weight is 338 g/mol. The molecule has 136 valence electrons. The Balaban J connectivity index is 1.67. The molecule has 6 nitrogen and oxygen atoms in total. The molecule has 0 aromatic carbocycles. The highest BCUT2D eigenvalue weighted by molar-refractivity contribution is 5.84. The molecule has 1 atom stereocenters. The van der Waals surface area contributed by atoms with E-state index < -0.39 is 5.97 Å². The van der Waals surface area contributed by atoms with Gasteiger partial charge in [-0.1, -0.05) is 19.3 Å². The van der Waals surface area contributed by atoms with E-state index in [1.807, 2.05) is 0 Å². The number of carboxylic acids is 1. The first-order valence-electron chi connectivity index (χ1n) is 9.31. The molecule has 1 aliphatic carbocycles. The van der Waals surface area contributed by atoms with Crippen LogP contribution in [-0.2, 0) is 14.4 Å². The first-order chi connectivity index (χ1) is 11.5. The van der Waals surface area contributed by atoms with E-state index in [4.69, 9.17) is 5.11 Å². The van der Waals surface area contributed by atoms with E-state index >= 15 is 0 Å². The molecule has 0 radical (unpaired) electrons. The summed E-state index contributed by atoms with van der Waals surface area (Å²) in [5.74, 6) is -0.115. The summed E-state index contributed by atoms with van der Waals surface area (Å²) in [6.07, 6.45) is 9.14. The van der Waals surface area contributed by atoms with Crippen molar-refractivity contribution < 1.29 is 19.5 Å². The third kappa shape index (κ3) is 6.49. The van der Waals surface area contributed by atoms with E-state index in [0.717, 1.165) is 25.7 Å². The normalized spacial score (nSPS) is 22.2.